The van der Waals surface area contributed by atoms with Gasteiger partial charge in [-0.05, 0) is 20.8 Å². The highest BCUT2D eigenvalue weighted by Gasteiger charge is 2.34. The van der Waals surface area contributed by atoms with E-state index in [1.165, 1.54) is 7.05 Å². The molecule has 0 aliphatic carbocycles. The average molecular weight is 321 g/mol. The Hall–Kier alpha value is -2.06. The molecule has 9 heteroatoms. The van der Waals surface area contributed by atoms with Gasteiger partial charge in [-0.1, -0.05) is 0 Å². The van der Waals surface area contributed by atoms with Gasteiger partial charge in [0, 0.05) is 19.7 Å². The molecule has 1 aromatic heterocycles. The molecule has 0 aromatic carbocycles. The molecule has 1 rings (SSSR count). The molecule has 1 amide bonds. The van der Waals surface area contributed by atoms with Crippen LogP contribution in [0.4, 0.5) is 19.1 Å². The summed E-state index contributed by atoms with van der Waals surface area (Å²) in [6, 6.07) is 0. The fraction of sp³-hybridized carbons (Fsp3) is 0.615. The number of hydrogen-bond acceptors (Lipinski definition) is 4. The Labute approximate surface area is 125 Å². The van der Waals surface area contributed by atoms with Crippen LogP contribution >= 0.6 is 0 Å². The van der Waals surface area contributed by atoms with Crippen LogP contribution in [0.25, 0.3) is 0 Å². The third kappa shape index (κ3) is 5.74. The number of alkyl halides is 3. The molecule has 0 bridgehead atoms. The predicted molar refractivity (Wildman–Crippen MR) is 71.9 cm³/mol. The van der Waals surface area contributed by atoms with Gasteiger partial charge < -0.3 is 9.30 Å². The summed E-state index contributed by atoms with van der Waals surface area (Å²) in [5, 5.41) is 2.23. The van der Waals surface area contributed by atoms with Gasteiger partial charge in [0.1, 0.15) is 5.60 Å². The van der Waals surface area contributed by atoms with Crippen molar-refractivity contribution in [3.63, 3.8) is 0 Å². The lowest BCUT2D eigenvalue weighted by atomic mass is 10.2. The van der Waals surface area contributed by atoms with E-state index in [2.05, 4.69) is 10.3 Å². The lowest BCUT2D eigenvalue weighted by Gasteiger charge is -2.19. The van der Waals surface area contributed by atoms with E-state index in [0.717, 1.165) is 10.8 Å². The SMILES string of the molecule is Cn1cc(C(F)(F)F)nc1NC(=O)CCC(=O)OC(C)(C)C. The smallest absolute Gasteiger partial charge is 0.434 e. The van der Waals surface area contributed by atoms with Gasteiger partial charge in [-0.3, -0.25) is 14.9 Å². The minimum atomic E-state index is -4.59. The largest absolute Gasteiger partial charge is 0.460 e. The zero-order valence-electron chi connectivity index (χ0n) is 12.7. The minimum absolute atomic E-state index is 0.167. The summed E-state index contributed by atoms with van der Waals surface area (Å²) in [4.78, 5) is 26.4. The van der Waals surface area contributed by atoms with Crippen LogP contribution in [-0.4, -0.2) is 27.0 Å². The van der Waals surface area contributed by atoms with Crippen LogP contribution in [0.2, 0.25) is 0 Å². The van der Waals surface area contributed by atoms with Crippen LogP contribution in [0.3, 0.4) is 0 Å². The molecule has 0 saturated heterocycles. The number of imidazole rings is 1. The third-order valence-electron chi connectivity index (χ3n) is 2.39. The molecule has 0 saturated carbocycles. The second kappa shape index (κ2) is 6.37. The normalized spacial score (nSPS) is 12.1. The highest BCUT2D eigenvalue weighted by Crippen LogP contribution is 2.29. The first-order chi connectivity index (χ1) is 9.88. The Morgan fingerprint density at radius 2 is 1.86 bits per heavy atom. The molecule has 0 unspecified atom stereocenters. The summed E-state index contributed by atoms with van der Waals surface area (Å²) in [6.45, 7) is 5.08. The molecule has 0 aliphatic rings. The van der Waals surface area contributed by atoms with E-state index in [1.54, 1.807) is 20.8 Å². The number of nitrogens with zero attached hydrogens (tertiary/aromatic N) is 2. The van der Waals surface area contributed by atoms with Gasteiger partial charge in [-0.25, -0.2) is 4.98 Å². The molecule has 1 heterocycles. The second-order valence-corrected chi connectivity index (χ2v) is 5.69. The van der Waals surface area contributed by atoms with Gasteiger partial charge in [0.05, 0.1) is 6.42 Å². The Kier molecular flexibility index (Phi) is 5.21. The number of hydrogen-bond donors (Lipinski definition) is 1. The monoisotopic (exact) mass is 321 g/mol. The standard InChI is InChI=1S/C13H18F3N3O3/c1-12(2,3)22-10(21)6-5-9(20)18-11-17-8(7-19(11)4)13(14,15)16/h7H,5-6H2,1-4H3,(H,17,18,20). The van der Waals surface area contributed by atoms with Crippen molar-refractivity contribution in [3.05, 3.63) is 11.9 Å². The summed E-state index contributed by atoms with van der Waals surface area (Å²) >= 11 is 0. The van der Waals surface area contributed by atoms with Crippen molar-refractivity contribution in [1.82, 2.24) is 9.55 Å². The molecule has 0 aliphatic heterocycles. The maximum atomic E-state index is 12.5. The number of carbonyl (C=O) groups is 2. The van der Waals surface area contributed by atoms with Crippen LogP contribution in [-0.2, 0) is 27.5 Å². The molecule has 124 valence electrons. The highest BCUT2D eigenvalue weighted by molar-refractivity contribution is 5.91. The first-order valence-electron chi connectivity index (χ1n) is 6.51. The van der Waals surface area contributed by atoms with Crippen molar-refractivity contribution in [2.24, 2.45) is 7.05 Å². The lowest BCUT2D eigenvalue weighted by molar-refractivity contribution is -0.155. The summed E-state index contributed by atoms with van der Waals surface area (Å²) in [6.07, 6.45) is -4.19. The van der Waals surface area contributed by atoms with E-state index >= 15 is 0 Å². The highest BCUT2D eigenvalue weighted by atomic mass is 19.4. The fourth-order valence-corrected chi connectivity index (χ4v) is 1.51. The number of carbonyl (C=O) groups excluding carboxylic acids is 2. The minimum Gasteiger partial charge on any atom is -0.460 e. The summed E-state index contributed by atoms with van der Waals surface area (Å²) in [7, 11) is 1.33. The van der Waals surface area contributed by atoms with Gasteiger partial charge in [-0.2, -0.15) is 13.2 Å². The molecule has 0 fully saturated rings. The first-order valence-corrected chi connectivity index (χ1v) is 6.51. The number of amides is 1. The molecule has 0 radical (unpaired) electrons. The molecule has 1 aromatic rings. The van der Waals surface area contributed by atoms with Gasteiger partial charge >= 0.3 is 12.1 Å². The van der Waals surface area contributed by atoms with Crippen molar-refractivity contribution < 1.29 is 27.5 Å². The van der Waals surface area contributed by atoms with Crippen LogP contribution in [0.1, 0.15) is 39.3 Å². The van der Waals surface area contributed by atoms with Crippen LogP contribution in [0, 0.1) is 0 Å². The molecule has 0 spiro atoms. The van der Waals surface area contributed by atoms with E-state index in [9.17, 15) is 22.8 Å². The zero-order chi connectivity index (χ0) is 17.1. The number of rotatable bonds is 4. The van der Waals surface area contributed by atoms with Crippen molar-refractivity contribution in [3.8, 4) is 0 Å². The Morgan fingerprint density at radius 1 is 1.27 bits per heavy atom. The zero-order valence-corrected chi connectivity index (χ0v) is 12.7. The number of aromatic nitrogens is 2. The average Bonchev–Trinajstić information content (AvgIpc) is 2.66. The van der Waals surface area contributed by atoms with Crippen LogP contribution < -0.4 is 5.32 Å². The van der Waals surface area contributed by atoms with E-state index in [0.29, 0.717) is 0 Å². The number of esters is 1. The predicted octanol–water partition coefficient (Wildman–Crippen LogP) is 2.50. The summed E-state index contributed by atoms with van der Waals surface area (Å²) in [5.74, 6) is -1.41. The molecular weight excluding hydrogens is 303 g/mol. The maximum Gasteiger partial charge on any atom is 0.434 e. The molecular formula is C13H18F3N3O3. The number of aryl methyl sites for hydroxylation is 1. The molecule has 0 atom stereocenters. The first kappa shape index (κ1) is 18.0. The van der Waals surface area contributed by atoms with Crippen molar-refractivity contribution in [2.75, 3.05) is 5.32 Å². The van der Waals surface area contributed by atoms with Crippen LogP contribution in [0.5, 0.6) is 0 Å². The Bertz CT molecular complexity index is 559. The van der Waals surface area contributed by atoms with Crippen LogP contribution in [0.15, 0.2) is 6.20 Å². The molecule has 6 nitrogen and oxygen atoms in total. The van der Waals surface area contributed by atoms with Gasteiger partial charge in [0.2, 0.25) is 11.9 Å². The fourth-order valence-electron chi connectivity index (χ4n) is 1.51. The number of anilines is 1. The van der Waals surface area contributed by atoms with E-state index < -0.39 is 29.3 Å². The molecule has 22 heavy (non-hydrogen) atoms. The second-order valence-electron chi connectivity index (χ2n) is 5.69. The summed E-state index contributed by atoms with van der Waals surface area (Å²) in [5.41, 5.74) is -1.76. The molecule has 1 N–H and O–H groups in total. The Morgan fingerprint density at radius 3 is 2.32 bits per heavy atom. The number of ether oxygens (including phenoxy) is 1. The quantitative estimate of drug-likeness (QED) is 0.865. The lowest BCUT2D eigenvalue weighted by Crippen LogP contribution is -2.25. The maximum absolute atomic E-state index is 12.5. The topological polar surface area (TPSA) is 73.2 Å². The van der Waals surface area contributed by atoms with Gasteiger partial charge in [0.25, 0.3) is 0 Å². The van der Waals surface area contributed by atoms with E-state index in [-0.39, 0.29) is 18.8 Å². The third-order valence-corrected chi connectivity index (χ3v) is 2.39. The Balaban J connectivity index is 2.56. The van der Waals surface area contributed by atoms with Crippen molar-refractivity contribution >= 4 is 17.8 Å². The van der Waals surface area contributed by atoms with Crippen molar-refractivity contribution in [2.45, 2.75) is 45.4 Å². The van der Waals surface area contributed by atoms with E-state index in [1.807, 2.05) is 0 Å². The number of halogens is 3. The van der Waals surface area contributed by atoms with Crippen molar-refractivity contribution in [1.29, 1.82) is 0 Å². The van der Waals surface area contributed by atoms with E-state index in [4.69, 9.17) is 4.74 Å². The number of nitrogens with one attached hydrogen (secondary N) is 1. The summed E-state index contributed by atoms with van der Waals surface area (Å²) < 4.78 is 43.5. The van der Waals surface area contributed by atoms with Gasteiger partial charge in [0.15, 0.2) is 5.69 Å². The van der Waals surface area contributed by atoms with Gasteiger partial charge in [-0.15, -0.1) is 0 Å².